The summed E-state index contributed by atoms with van der Waals surface area (Å²) >= 11 is 0. The zero-order valence-electron chi connectivity index (χ0n) is 14.8. The fraction of sp³-hybridized carbons (Fsp3) is 0.824. The number of alkyl carbamates (subject to hydrolysis) is 1. The Hall–Kier alpha value is -1.17. The van der Waals surface area contributed by atoms with E-state index in [1.165, 1.54) is 5.57 Å². The van der Waals surface area contributed by atoms with E-state index in [-0.39, 0.29) is 0 Å². The lowest BCUT2D eigenvalue weighted by molar-refractivity contribution is -0.00420. The molecule has 0 radical (unpaired) electrons. The highest BCUT2D eigenvalue weighted by Crippen LogP contribution is 2.27. The van der Waals surface area contributed by atoms with E-state index in [1.807, 2.05) is 0 Å². The van der Waals surface area contributed by atoms with Gasteiger partial charge in [-0.25, -0.2) is 13.6 Å². The second kappa shape index (κ2) is 8.08. The summed E-state index contributed by atoms with van der Waals surface area (Å²) in [6.45, 7) is 8.69. The molecule has 0 heterocycles. The maximum atomic E-state index is 13.8. The number of allylic oxidation sites excluding steroid dienone is 2. The number of hydrogen-bond donors (Lipinski definition) is 2. The lowest BCUT2D eigenvalue weighted by Gasteiger charge is -2.27. The lowest BCUT2D eigenvalue weighted by Crippen LogP contribution is -2.45. The number of carbonyl (C=O) groups excluding carboxylic acids is 1. The van der Waals surface area contributed by atoms with Crippen LogP contribution >= 0.6 is 0 Å². The first-order valence-electron chi connectivity index (χ1n) is 8.19. The predicted molar refractivity (Wildman–Crippen MR) is 87.7 cm³/mol. The van der Waals surface area contributed by atoms with E-state index in [0.29, 0.717) is 18.4 Å². The lowest BCUT2D eigenvalue weighted by atomic mass is 9.84. The van der Waals surface area contributed by atoms with Crippen LogP contribution in [-0.2, 0) is 4.74 Å². The van der Waals surface area contributed by atoms with Crippen LogP contribution in [0.4, 0.5) is 13.6 Å². The summed E-state index contributed by atoms with van der Waals surface area (Å²) in [7, 11) is 0. The zero-order chi connectivity index (χ0) is 17.7. The number of hydrogen-bond acceptors (Lipinski definition) is 3. The second-order valence-corrected chi connectivity index (χ2v) is 7.64. The molecule has 4 nitrogen and oxygen atoms in total. The van der Waals surface area contributed by atoms with Gasteiger partial charge in [-0.2, -0.15) is 0 Å². The number of halogens is 2. The van der Waals surface area contributed by atoms with Gasteiger partial charge in [0, 0.05) is 0 Å². The topological polar surface area (TPSA) is 50.4 Å². The minimum Gasteiger partial charge on any atom is -0.444 e. The number of amides is 1. The predicted octanol–water partition coefficient (Wildman–Crippen LogP) is 3.73. The minimum absolute atomic E-state index is 0.393. The molecule has 0 spiro atoms. The smallest absolute Gasteiger partial charge is 0.407 e. The summed E-state index contributed by atoms with van der Waals surface area (Å²) < 4.78 is 32.5. The summed E-state index contributed by atoms with van der Waals surface area (Å²) in [6, 6.07) is 0. The molecule has 0 saturated carbocycles. The molecule has 2 N–H and O–H groups in total. The summed E-state index contributed by atoms with van der Waals surface area (Å²) in [4.78, 5) is 11.4. The van der Waals surface area contributed by atoms with E-state index in [0.717, 1.165) is 12.8 Å². The van der Waals surface area contributed by atoms with Crippen LogP contribution in [0.25, 0.3) is 0 Å². The van der Waals surface area contributed by atoms with Crippen LogP contribution < -0.4 is 10.6 Å². The van der Waals surface area contributed by atoms with Crippen LogP contribution in [0.3, 0.4) is 0 Å². The molecular formula is C17H30F2N2O2. The zero-order valence-corrected chi connectivity index (χ0v) is 14.8. The van der Waals surface area contributed by atoms with Crippen molar-refractivity contribution in [1.29, 1.82) is 0 Å². The quantitative estimate of drug-likeness (QED) is 0.729. The maximum Gasteiger partial charge on any atom is 0.407 e. The number of ether oxygens (including phenoxy) is 1. The molecule has 2 unspecified atom stereocenters. The summed E-state index contributed by atoms with van der Waals surface area (Å²) in [5, 5.41) is 4.96. The minimum atomic E-state index is -3.00. The Bertz CT molecular complexity index is 431. The van der Waals surface area contributed by atoms with E-state index in [4.69, 9.17) is 4.74 Å². The molecule has 23 heavy (non-hydrogen) atoms. The molecule has 1 rings (SSSR count). The van der Waals surface area contributed by atoms with Gasteiger partial charge in [-0.1, -0.05) is 18.6 Å². The molecule has 134 valence electrons. The van der Waals surface area contributed by atoms with Crippen LogP contribution in [0.1, 0.15) is 47.5 Å². The van der Waals surface area contributed by atoms with Crippen molar-refractivity contribution in [2.24, 2.45) is 11.8 Å². The highest BCUT2D eigenvalue weighted by Gasteiger charge is 2.30. The molecule has 2 atom stereocenters. The monoisotopic (exact) mass is 332 g/mol. The van der Waals surface area contributed by atoms with Crippen molar-refractivity contribution in [1.82, 2.24) is 10.6 Å². The fourth-order valence-corrected chi connectivity index (χ4v) is 2.88. The van der Waals surface area contributed by atoms with E-state index in [1.54, 1.807) is 20.8 Å². The number of rotatable bonds is 6. The van der Waals surface area contributed by atoms with Gasteiger partial charge in [0.25, 0.3) is 5.92 Å². The first kappa shape index (κ1) is 19.9. The van der Waals surface area contributed by atoms with Crippen molar-refractivity contribution in [3.8, 4) is 0 Å². The molecule has 0 bridgehead atoms. The standard InChI is InChI=1S/C17H30F2N2O2/c1-12-6-13(2)8-14(7-12)9-20-10-17(18,19)11-21-15(22)23-16(3,4)5/h6,12,14,20H,7-11H2,1-5H3,(H,21,22). The molecule has 0 aromatic heterocycles. The van der Waals surface area contributed by atoms with Gasteiger partial charge >= 0.3 is 6.09 Å². The Morgan fingerprint density at radius 2 is 2.00 bits per heavy atom. The van der Waals surface area contributed by atoms with Crippen molar-refractivity contribution in [2.75, 3.05) is 19.6 Å². The van der Waals surface area contributed by atoms with E-state index >= 15 is 0 Å². The van der Waals surface area contributed by atoms with Crippen LogP contribution in [0.5, 0.6) is 0 Å². The first-order chi connectivity index (χ1) is 10.5. The second-order valence-electron chi connectivity index (χ2n) is 7.64. The van der Waals surface area contributed by atoms with Gasteiger partial charge in [0.1, 0.15) is 5.60 Å². The molecule has 6 heteroatoms. The molecule has 1 amide bonds. The van der Waals surface area contributed by atoms with Crippen molar-refractivity contribution >= 4 is 6.09 Å². The summed E-state index contributed by atoms with van der Waals surface area (Å²) in [5.41, 5.74) is 0.634. The average molecular weight is 332 g/mol. The van der Waals surface area contributed by atoms with Gasteiger partial charge < -0.3 is 15.4 Å². The van der Waals surface area contributed by atoms with Crippen molar-refractivity contribution < 1.29 is 18.3 Å². The maximum absolute atomic E-state index is 13.8. The highest BCUT2D eigenvalue weighted by molar-refractivity contribution is 5.67. The Kier molecular flexibility index (Phi) is 6.99. The van der Waals surface area contributed by atoms with Gasteiger partial charge in [0.05, 0.1) is 13.1 Å². The molecule has 1 aliphatic carbocycles. The highest BCUT2D eigenvalue weighted by atomic mass is 19.3. The van der Waals surface area contributed by atoms with Crippen molar-refractivity contribution in [3.05, 3.63) is 11.6 Å². The molecular weight excluding hydrogens is 302 g/mol. The normalized spacial score (nSPS) is 22.5. The van der Waals surface area contributed by atoms with Crippen LogP contribution in [0.15, 0.2) is 11.6 Å². The van der Waals surface area contributed by atoms with Gasteiger partial charge in [0.2, 0.25) is 0 Å². The average Bonchev–Trinajstić information content (AvgIpc) is 2.33. The van der Waals surface area contributed by atoms with Crippen LogP contribution in [0.2, 0.25) is 0 Å². The van der Waals surface area contributed by atoms with Gasteiger partial charge in [0.15, 0.2) is 0 Å². The Balaban J connectivity index is 2.27. The Morgan fingerprint density at radius 3 is 2.57 bits per heavy atom. The van der Waals surface area contributed by atoms with Gasteiger partial charge in [-0.05, 0) is 58.9 Å². The summed E-state index contributed by atoms with van der Waals surface area (Å²) in [6.07, 6.45) is 3.40. The molecule has 1 aliphatic rings. The van der Waals surface area contributed by atoms with Gasteiger partial charge in [-0.3, -0.25) is 0 Å². The Morgan fingerprint density at radius 1 is 1.35 bits per heavy atom. The molecule has 0 fully saturated rings. The van der Waals surface area contributed by atoms with Gasteiger partial charge in [-0.15, -0.1) is 0 Å². The van der Waals surface area contributed by atoms with Crippen LogP contribution in [0, 0.1) is 11.8 Å². The summed E-state index contributed by atoms with van der Waals surface area (Å²) in [5.74, 6) is -2.10. The molecule has 0 aromatic rings. The first-order valence-corrected chi connectivity index (χ1v) is 8.19. The molecule has 0 saturated heterocycles. The third-order valence-electron chi connectivity index (χ3n) is 3.59. The van der Waals surface area contributed by atoms with E-state index in [2.05, 4.69) is 30.6 Å². The van der Waals surface area contributed by atoms with E-state index in [9.17, 15) is 13.6 Å². The Labute approximate surface area is 138 Å². The van der Waals surface area contributed by atoms with Crippen molar-refractivity contribution in [2.45, 2.75) is 59.0 Å². The van der Waals surface area contributed by atoms with Crippen molar-refractivity contribution in [3.63, 3.8) is 0 Å². The number of alkyl halides is 2. The third kappa shape index (κ3) is 8.89. The van der Waals surface area contributed by atoms with E-state index < -0.39 is 30.7 Å². The SMILES string of the molecule is CC1=CC(C)CC(CNCC(F)(F)CNC(=O)OC(C)(C)C)C1. The molecule has 0 aliphatic heterocycles. The number of nitrogens with one attached hydrogen (secondary N) is 2. The van der Waals surface area contributed by atoms with Crippen LogP contribution in [-0.4, -0.2) is 37.3 Å². The number of carbonyl (C=O) groups is 1. The third-order valence-corrected chi connectivity index (χ3v) is 3.59. The molecule has 0 aromatic carbocycles. The largest absolute Gasteiger partial charge is 0.444 e. The fourth-order valence-electron chi connectivity index (χ4n) is 2.88.